The largest absolute Gasteiger partial charge is 0.470 e. The molecule has 1 aromatic rings. The maximum atomic E-state index is 12.3. The van der Waals surface area contributed by atoms with Crippen LogP contribution in [-0.4, -0.2) is 67.4 Å². The Hall–Kier alpha value is -2.25. The summed E-state index contributed by atoms with van der Waals surface area (Å²) >= 11 is 6.35. The van der Waals surface area contributed by atoms with Crippen molar-refractivity contribution in [3.05, 3.63) is 18.1 Å². The molecule has 2 aliphatic heterocycles. The summed E-state index contributed by atoms with van der Waals surface area (Å²) in [6, 6.07) is 1.92. The van der Waals surface area contributed by atoms with Gasteiger partial charge in [-0.3, -0.25) is 14.5 Å². The Morgan fingerprint density at radius 2 is 2.29 bits per heavy atom. The molecule has 0 bridgehead atoms. The van der Waals surface area contributed by atoms with E-state index in [1.54, 1.807) is 4.90 Å². The number of thiocarbonyl (C=S) groups is 1. The molecule has 10 heteroatoms. The molecule has 0 saturated carbocycles. The minimum atomic E-state index is -0.256. The van der Waals surface area contributed by atoms with E-state index in [2.05, 4.69) is 9.97 Å². The first kappa shape index (κ1) is 16.6. The standard InChI is InChI=1S/C14H13N5O3S2/c15-5-10-13(17-3-2-16-10)22-9-1-4-18(6-9)11(20)7-19-12(21)8-24-14(19)23/h2-3,9H,1,4,6-8H2. The van der Waals surface area contributed by atoms with Crippen molar-refractivity contribution >= 4 is 40.1 Å². The van der Waals surface area contributed by atoms with E-state index in [-0.39, 0.29) is 36.0 Å². The van der Waals surface area contributed by atoms with Gasteiger partial charge in [0.2, 0.25) is 17.5 Å². The van der Waals surface area contributed by atoms with Crippen molar-refractivity contribution in [2.24, 2.45) is 0 Å². The Morgan fingerprint density at radius 1 is 1.50 bits per heavy atom. The summed E-state index contributed by atoms with van der Waals surface area (Å²) in [4.78, 5) is 34.9. The lowest BCUT2D eigenvalue weighted by Crippen LogP contribution is -2.41. The van der Waals surface area contributed by atoms with Crippen molar-refractivity contribution in [2.75, 3.05) is 25.4 Å². The predicted molar refractivity (Wildman–Crippen MR) is 89.1 cm³/mol. The van der Waals surface area contributed by atoms with Gasteiger partial charge in [-0.1, -0.05) is 24.0 Å². The van der Waals surface area contributed by atoms with E-state index < -0.39 is 0 Å². The number of rotatable bonds is 4. The van der Waals surface area contributed by atoms with Gasteiger partial charge in [-0.2, -0.15) is 5.26 Å². The highest BCUT2D eigenvalue weighted by Crippen LogP contribution is 2.21. The van der Waals surface area contributed by atoms with E-state index in [0.29, 0.717) is 29.6 Å². The van der Waals surface area contributed by atoms with Gasteiger partial charge in [0, 0.05) is 25.4 Å². The fraction of sp³-hybridized carbons (Fsp3) is 0.429. The van der Waals surface area contributed by atoms with Gasteiger partial charge in [0.15, 0.2) is 0 Å². The molecule has 1 atom stereocenters. The first-order valence-corrected chi connectivity index (χ1v) is 8.60. The average molecular weight is 363 g/mol. The predicted octanol–water partition coefficient (Wildman–Crippen LogP) is 0.188. The van der Waals surface area contributed by atoms with Gasteiger partial charge < -0.3 is 9.64 Å². The fourth-order valence-corrected chi connectivity index (χ4v) is 3.53. The molecule has 2 amide bonds. The second-order valence-corrected chi connectivity index (χ2v) is 6.83. The number of thioether (sulfide) groups is 1. The molecule has 3 heterocycles. The smallest absolute Gasteiger partial charge is 0.251 e. The molecule has 8 nitrogen and oxygen atoms in total. The van der Waals surface area contributed by atoms with Crippen molar-refractivity contribution in [3.8, 4) is 11.9 Å². The number of carbonyl (C=O) groups excluding carboxylic acids is 2. The highest BCUT2D eigenvalue weighted by molar-refractivity contribution is 8.23. The first-order valence-electron chi connectivity index (χ1n) is 7.21. The van der Waals surface area contributed by atoms with Crippen LogP contribution in [0.25, 0.3) is 0 Å². The molecule has 0 aliphatic carbocycles. The summed E-state index contributed by atoms with van der Waals surface area (Å²) in [5.74, 6) is 0.163. The highest BCUT2D eigenvalue weighted by Gasteiger charge is 2.33. The molecule has 124 valence electrons. The summed E-state index contributed by atoms with van der Waals surface area (Å²) < 4.78 is 6.13. The van der Waals surface area contributed by atoms with Gasteiger partial charge >= 0.3 is 0 Å². The Balaban J connectivity index is 1.57. The molecular formula is C14H13N5O3S2. The lowest BCUT2D eigenvalue weighted by atomic mass is 10.3. The molecule has 2 fully saturated rings. The van der Waals surface area contributed by atoms with Crippen LogP contribution in [0.3, 0.4) is 0 Å². The summed E-state index contributed by atoms with van der Waals surface area (Å²) in [6.45, 7) is 0.863. The quantitative estimate of drug-likeness (QED) is 0.699. The Bertz CT molecular complexity index is 719. The Kier molecular flexibility index (Phi) is 4.92. The maximum Gasteiger partial charge on any atom is 0.251 e. The Labute approximate surface area is 147 Å². The van der Waals surface area contributed by atoms with Crippen LogP contribution >= 0.6 is 24.0 Å². The van der Waals surface area contributed by atoms with Crippen molar-refractivity contribution in [2.45, 2.75) is 12.5 Å². The lowest BCUT2D eigenvalue weighted by Gasteiger charge is -2.20. The zero-order valence-electron chi connectivity index (χ0n) is 12.5. The number of likely N-dealkylation sites (tertiary alicyclic amines) is 1. The number of carbonyl (C=O) groups is 2. The molecule has 0 N–H and O–H groups in total. The fourth-order valence-electron chi connectivity index (χ4n) is 2.47. The van der Waals surface area contributed by atoms with Crippen LogP contribution in [0.1, 0.15) is 12.1 Å². The molecular weight excluding hydrogens is 350 g/mol. The summed E-state index contributed by atoms with van der Waals surface area (Å²) in [7, 11) is 0. The van der Waals surface area contributed by atoms with Crippen LogP contribution in [-0.2, 0) is 9.59 Å². The van der Waals surface area contributed by atoms with E-state index in [0.717, 1.165) is 0 Å². The molecule has 1 unspecified atom stereocenters. The van der Waals surface area contributed by atoms with Gasteiger partial charge in [0.25, 0.3) is 5.88 Å². The highest BCUT2D eigenvalue weighted by atomic mass is 32.2. The number of aromatic nitrogens is 2. The molecule has 24 heavy (non-hydrogen) atoms. The van der Waals surface area contributed by atoms with Gasteiger partial charge in [0.1, 0.15) is 23.0 Å². The van der Waals surface area contributed by atoms with Crippen molar-refractivity contribution < 1.29 is 14.3 Å². The number of amides is 2. The van der Waals surface area contributed by atoms with Gasteiger partial charge in [-0.05, 0) is 0 Å². The molecule has 0 radical (unpaired) electrons. The third-order valence-corrected chi connectivity index (χ3v) is 5.11. The van der Waals surface area contributed by atoms with Crippen LogP contribution in [0.2, 0.25) is 0 Å². The van der Waals surface area contributed by atoms with E-state index >= 15 is 0 Å². The molecule has 0 spiro atoms. The van der Waals surface area contributed by atoms with Gasteiger partial charge in [-0.15, -0.1) is 0 Å². The molecule has 3 rings (SSSR count). The second-order valence-electron chi connectivity index (χ2n) is 5.22. The topological polar surface area (TPSA) is 99.4 Å². The van der Waals surface area contributed by atoms with E-state index in [1.165, 1.54) is 29.1 Å². The van der Waals surface area contributed by atoms with Crippen LogP contribution in [0, 0.1) is 11.3 Å². The SMILES string of the molecule is N#Cc1nccnc1OC1CCN(C(=O)CN2C(=O)CSC2=S)C1. The minimum Gasteiger partial charge on any atom is -0.470 e. The zero-order valence-corrected chi connectivity index (χ0v) is 14.2. The average Bonchev–Trinajstić information content (AvgIpc) is 3.17. The first-order chi connectivity index (χ1) is 11.6. The van der Waals surface area contributed by atoms with Crippen molar-refractivity contribution in [1.29, 1.82) is 5.26 Å². The molecule has 1 aromatic heterocycles. The minimum absolute atomic E-state index is 0.0357. The molecule has 2 saturated heterocycles. The summed E-state index contributed by atoms with van der Waals surface area (Å²) in [5.41, 5.74) is 0.118. The molecule has 2 aliphatic rings. The van der Waals surface area contributed by atoms with E-state index in [9.17, 15) is 9.59 Å². The monoisotopic (exact) mass is 363 g/mol. The number of hydrogen-bond acceptors (Lipinski definition) is 8. The number of nitrogens with zero attached hydrogens (tertiary/aromatic N) is 5. The van der Waals surface area contributed by atoms with Gasteiger partial charge in [-0.25, -0.2) is 9.97 Å². The van der Waals surface area contributed by atoms with Gasteiger partial charge in [0.05, 0.1) is 12.3 Å². The van der Waals surface area contributed by atoms with Crippen LogP contribution in [0.5, 0.6) is 5.88 Å². The van der Waals surface area contributed by atoms with Crippen LogP contribution in [0.4, 0.5) is 0 Å². The lowest BCUT2D eigenvalue weighted by molar-refractivity contribution is -0.135. The van der Waals surface area contributed by atoms with Crippen LogP contribution in [0.15, 0.2) is 12.4 Å². The van der Waals surface area contributed by atoms with Crippen molar-refractivity contribution in [1.82, 2.24) is 19.8 Å². The maximum absolute atomic E-state index is 12.3. The Morgan fingerprint density at radius 3 is 3.00 bits per heavy atom. The third kappa shape index (κ3) is 3.47. The number of hydrogen-bond donors (Lipinski definition) is 0. The van der Waals surface area contributed by atoms with E-state index in [1.807, 2.05) is 6.07 Å². The van der Waals surface area contributed by atoms with E-state index in [4.69, 9.17) is 22.2 Å². The second kappa shape index (κ2) is 7.11. The molecule has 0 aromatic carbocycles. The third-order valence-electron chi connectivity index (χ3n) is 3.68. The zero-order chi connectivity index (χ0) is 17.1. The number of nitriles is 1. The number of ether oxygens (including phenoxy) is 1. The van der Waals surface area contributed by atoms with Crippen molar-refractivity contribution in [3.63, 3.8) is 0 Å². The summed E-state index contributed by atoms with van der Waals surface area (Å²) in [6.07, 6.45) is 3.24. The normalized spacial score (nSPS) is 20.4. The summed E-state index contributed by atoms with van der Waals surface area (Å²) in [5, 5.41) is 8.99. The van der Waals surface area contributed by atoms with Crippen LogP contribution < -0.4 is 4.74 Å².